The van der Waals surface area contributed by atoms with Crippen LogP contribution < -0.4 is 20.9 Å². The van der Waals surface area contributed by atoms with E-state index in [-0.39, 0.29) is 0 Å². The maximum atomic E-state index is 6.21. The van der Waals surface area contributed by atoms with Crippen molar-refractivity contribution in [1.82, 2.24) is 4.98 Å². The second kappa shape index (κ2) is 6.50. The SMILES string of the molecule is COc1ccc(-c2c(N)cnc(N)c2-c2ccc(OC)cc2)cc1. The molecule has 5 heteroatoms. The van der Waals surface area contributed by atoms with Crippen LogP contribution in [-0.4, -0.2) is 19.2 Å². The minimum absolute atomic E-state index is 0.431. The molecule has 4 N–H and O–H groups in total. The van der Waals surface area contributed by atoms with Crippen LogP contribution in [0.4, 0.5) is 11.5 Å². The van der Waals surface area contributed by atoms with E-state index in [1.54, 1.807) is 20.4 Å². The Morgan fingerprint density at radius 1 is 0.708 bits per heavy atom. The molecule has 0 aliphatic rings. The molecule has 5 nitrogen and oxygen atoms in total. The number of hydrogen-bond acceptors (Lipinski definition) is 5. The average Bonchev–Trinajstić information content (AvgIpc) is 2.63. The molecule has 24 heavy (non-hydrogen) atoms. The molecular formula is C19H19N3O2. The van der Waals surface area contributed by atoms with Crippen LogP contribution in [0.5, 0.6) is 11.5 Å². The van der Waals surface area contributed by atoms with Gasteiger partial charge in [-0.05, 0) is 35.4 Å². The molecule has 1 aromatic heterocycles. The van der Waals surface area contributed by atoms with E-state index in [9.17, 15) is 0 Å². The molecule has 0 saturated carbocycles. The van der Waals surface area contributed by atoms with E-state index in [1.165, 1.54) is 0 Å². The average molecular weight is 321 g/mol. The summed E-state index contributed by atoms with van der Waals surface area (Å²) in [6.45, 7) is 0. The van der Waals surface area contributed by atoms with Gasteiger partial charge in [-0.2, -0.15) is 0 Å². The summed E-state index contributed by atoms with van der Waals surface area (Å²) in [6, 6.07) is 15.4. The van der Waals surface area contributed by atoms with Gasteiger partial charge in [-0.25, -0.2) is 4.98 Å². The van der Waals surface area contributed by atoms with Crippen molar-refractivity contribution in [2.45, 2.75) is 0 Å². The normalized spacial score (nSPS) is 10.4. The first-order chi connectivity index (χ1) is 11.6. The van der Waals surface area contributed by atoms with Gasteiger partial charge in [-0.1, -0.05) is 24.3 Å². The molecule has 122 valence electrons. The number of hydrogen-bond donors (Lipinski definition) is 2. The summed E-state index contributed by atoms with van der Waals surface area (Å²) in [5, 5.41) is 0. The number of anilines is 2. The van der Waals surface area contributed by atoms with Gasteiger partial charge < -0.3 is 20.9 Å². The standard InChI is InChI=1S/C19H19N3O2/c1-23-14-7-3-12(4-8-14)17-16(20)11-22-19(21)18(17)13-5-9-15(24-2)10-6-13/h3-11H,20H2,1-2H3,(H2,21,22). The molecule has 0 aliphatic carbocycles. The van der Waals surface area contributed by atoms with Crippen LogP contribution in [0.25, 0.3) is 22.3 Å². The van der Waals surface area contributed by atoms with E-state index >= 15 is 0 Å². The van der Waals surface area contributed by atoms with Crippen molar-refractivity contribution >= 4 is 11.5 Å². The van der Waals surface area contributed by atoms with Crippen LogP contribution in [0.3, 0.4) is 0 Å². The second-order valence-corrected chi connectivity index (χ2v) is 5.31. The number of pyridine rings is 1. The third-order valence-electron chi connectivity index (χ3n) is 3.89. The molecule has 0 bridgehead atoms. The largest absolute Gasteiger partial charge is 0.497 e. The van der Waals surface area contributed by atoms with Crippen LogP contribution in [0.15, 0.2) is 54.7 Å². The van der Waals surface area contributed by atoms with Crippen molar-refractivity contribution in [1.29, 1.82) is 0 Å². The molecule has 0 fully saturated rings. The maximum absolute atomic E-state index is 6.21. The molecule has 0 aliphatic heterocycles. The topological polar surface area (TPSA) is 83.4 Å². The molecule has 0 spiro atoms. The van der Waals surface area contributed by atoms with Crippen molar-refractivity contribution in [2.24, 2.45) is 0 Å². The van der Waals surface area contributed by atoms with Crippen LogP contribution in [-0.2, 0) is 0 Å². The lowest BCUT2D eigenvalue weighted by molar-refractivity contribution is 0.414. The van der Waals surface area contributed by atoms with Gasteiger partial charge in [0.1, 0.15) is 17.3 Å². The number of nitrogens with zero attached hydrogens (tertiary/aromatic N) is 1. The smallest absolute Gasteiger partial charge is 0.132 e. The van der Waals surface area contributed by atoms with Crippen molar-refractivity contribution < 1.29 is 9.47 Å². The number of methoxy groups -OCH3 is 2. The predicted octanol–water partition coefficient (Wildman–Crippen LogP) is 3.60. The first-order valence-electron chi connectivity index (χ1n) is 7.47. The molecule has 2 aromatic carbocycles. The maximum Gasteiger partial charge on any atom is 0.132 e. The Morgan fingerprint density at radius 3 is 1.62 bits per heavy atom. The van der Waals surface area contributed by atoms with E-state index in [0.717, 1.165) is 33.8 Å². The Morgan fingerprint density at radius 2 is 1.17 bits per heavy atom. The van der Waals surface area contributed by atoms with Gasteiger partial charge in [-0.15, -0.1) is 0 Å². The lowest BCUT2D eigenvalue weighted by atomic mass is 9.94. The summed E-state index contributed by atoms with van der Waals surface area (Å²) in [7, 11) is 3.27. The van der Waals surface area contributed by atoms with Crippen LogP contribution in [0.2, 0.25) is 0 Å². The van der Waals surface area contributed by atoms with E-state index in [1.807, 2.05) is 48.5 Å². The number of rotatable bonds is 4. The number of ether oxygens (including phenoxy) is 2. The Labute approximate surface area is 140 Å². The third kappa shape index (κ3) is 2.84. The van der Waals surface area contributed by atoms with Gasteiger partial charge >= 0.3 is 0 Å². The van der Waals surface area contributed by atoms with Gasteiger partial charge in [0.25, 0.3) is 0 Å². The fourth-order valence-corrected chi connectivity index (χ4v) is 2.66. The van der Waals surface area contributed by atoms with Crippen molar-refractivity contribution in [3.63, 3.8) is 0 Å². The van der Waals surface area contributed by atoms with Gasteiger partial charge in [0, 0.05) is 11.1 Å². The zero-order chi connectivity index (χ0) is 17.1. The fourth-order valence-electron chi connectivity index (χ4n) is 2.66. The molecule has 1 heterocycles. The Balaban J connectivity index is 2.19. The van der Waals surface area contributed by atoms with E-state index < -0.39 is 0 Å². The molecule has 0 saturated heterocycles. The highest BCUT2D eigenvalue weighted by Gasteiger charge is 2.15. The minimum atomic E-state index is 0.431. The molecule has 0 atom stereocenters. The minimum Gasteiger partial charge on any atom is -0.497 e. The van der Waals surface area contributed by atoms with E-state index in [2.05, 4.69) is 4.98 Å². The summed E-state index contributed by atoms with van der Waals surface area (Å²) in [6.07, 6.45) is 1.59. The van der Waals surface area contributed by atoms with Crippen LogP contribution in [0.1, 0.15) is 0 Å². The Bertz CT molecular complexity index is 771. The number of nitrogen functional groups attached to an aromatic ring is 2. The van der Waals surface area contributed by atoms with Gasteiger partial charge in [0.05, 0.1) is 26.1 Å². The quantitative estimate of drug-likeness (QED) is 0.767. The summed E-state index contributed by atoms with van der Waals surface area (Å²) in [5.74, 6) is 1.99. The molecule has 0 amide bonds. The first-order valence-corrected chi connectivity index (χ1v) is 7.47. The predicted molar refractivity (Wildman–Crippen MR) is 97.0 cm³/mol. The van der Waals surface area contributed by atoms with Gasteiger partial charge in [0.2, 0.25) is 0 Å². The van der Waals surface area contributed by atoms with Crippen molar-refractivity contribution in [2.75, 3.05) is 25.7 Å². The highest BCUT2D eigenvalue weighted by molar-refractivity contribution is 5.95. The molecular weight excluding hydrogens is 302 g/mol. The first kappa shape index (κ1) is 15.7. The van der Waals surface area contributed by atoms with Crippen molar-refractivity contribution in [3.05, 3.63) is 54.7 Å². The Hall–Kier alpha value is -3.21. The van der Waals surface area contributed by atoms with Gasteiger partial charge in [-0.3, -0.25) is 0 Å². The monoisotopic (exact) mass is 321 g/mol. The van der Waals surface area contributed by atoms with E-state index in [4.69, 9.17) is 20.9 Å². The number of nitrogens with two attached hydrogens (primary N) is 2. The molecule has 0 radical (unpaired) electrons. The number of aromatic nitrogens is 1. The van der Waals surface area contributed by atoms with E-state index in [0.29, 0.717) is 11.5 Å². The van der Waals surface area contributed by atoms with Crippen LogP contribution >= 0.6 is 0 Å². The second-order valence-electron chi connectivity index (χ2n) is 5.31. The summed E-state index contributed by atoms with van der Waals surface area (Å²) in [5.41, 5.74) is 16.5. The Kier molecular flexibility index (Phi) is 4.24. The summed E-state index contributed by atoms with van der Waals surface area (Å²) >= 11 is 0. The fraction of sp³-hybridized carbons (Fsp3) is 0.105. The summed E-state index contributed by atoms with van der Waals surface area (Å²) < 4.78 is 10.4. The molecule has 0 unspecified atom stereocenters. The zero-order valence-electron chi connectivity index (χ0n) is 13.6. The number of benzene rings is 2. The lowest BCUT2D eigenvalue weighted by Gasteiger charge is -2.15. The highest BCUT2D eigenvalue weighted by Crippen LogP contribution is 2.40. The molecule has 3 aromatic rings. The highest BCUT2D eigenvalue weighted by atomic mass is 16.5. The third-order valence-corrected chi connectivity index (χ3v) is 3.89. The zero-order valence-corrected chi connectivity index (χ0v) is 13.6. The lowest BCUT2D eigenvalue weighted by Crippen LogP contribution is -2.01. The van der Waals surface area contributed by atoms with Gasteiger partial charge in [0.15, 0.2) is 0 Å². The van der Waals surface area contributed by atoms with Crippen LogP contribution in [0, 0.1) is 0 Å². The molecule has 3 rings (SSSR count). The summed E-state index contributed by atoms with van der Waals surface area (Å²) in [4.78, 5) is 4.21. The van der Waals surface area contributed by atoms with Crippen molar-refractivity contribution in [3.8, 4) is 33.8 Å².